The fourth-order valence-electron chi connectivity index (χ4n) is 2.29. The van der Waals surface area contributed by atoms with E-state index in [1.54, 1.807) is 0 Å². The molecule has 0 spiro atoms. The van der Waals surface area contributed by atoms with Crippen molar-refractivity contribution >= 4 is 17.5 Å². The van der Waals surface area contributed by atoms with Crippen molar-refractivity contribution in [1.29, 1.82) is 0 Å². The molecule has 0 saturated carbocycles. The first-order chi connectivity index (χ1) is 8.88. The van der Waals surface area contributed by atoms with Gasteiger partial charge in [0.25, 0.3) is 0 Å². The van der Waals surface area contributed by atoms with Crippen LogP contribution in [0, 0.1) is 0 Å². The molecule has 0 unspecified atom stereocenters. The summed E-state index contributed by atoms with van der Waals surface area (Å²) < 4.78 is 0. The Labute approximate surface area is 108 Å². The van der Waals surface area contributed by atoms with E-state index < -0.39 is 0 Å². The van der Waals surface area contributed by atoms with Crippen LogP contribution in [0.1, 0.15) is 18.9 Å². The summed E-state index contributed by atoms with van der Waals surface area (Å²) in [5.74, 6) is 0. The topological polar surface area (TPSA) is 15.6 Å². The van der Waals surface area contributed by atoms with Crippen molar-refractivity contribution in [3.63, 3.8) is 0 Å². The highest BCUT2D eigenvalue weighted by Gasteiger charge is 2.14. The molecular weight excluding hydrogens is 220 g/mol. The molecular formula is C16H16N2. The molecule has 0 atom stereocenters. The van der Waals surface area contributed by atoms with E-state index >= 15 is 0 Å². The molecule has 0 radical (unpaired) electrons. The molecule has 0 N–H and O–H groups in total. The summed E-state index contributed by atoms with van der Waals surface area (Å²) in [6, 6.07) is 8.27. The number of hydrogen-bond acceptors (Lipinski definition) is 2. The molecule has 3 rings (SSSR count). The van der Waals surface area contributed by atoms with Gasteiger partial charge in [0.2, 0.25) is 0 Å². The molecule has 2 nitrogen and oxygen atoms in total. The number of benzene rings is 1. The van der Waals surface area contributed by atoms with E-state index in [1.165, 1.54) is 16.7 Å². The molecule has 2 aliphatic rings. The fourth-order valence-corrected chi connectivity index (χ4v) is 2.29. The van der Waals surface area contributed by atoms with Crippen molar-refractivity contribution in [2.75, 3.05) is 6.54 Å². The first-order valence-electron chi connectivity index (χ1n) is 6.38. The van der Waals surface area contributed by atoms with Gasteiger partial charge in [-0.15, -0.1) is 0 Å². The van der Waals surface area contributed by atoms with Crippen molar-refractivity contribution < 1.29 is 0 Å². The quantitative estimate of drug-likeness (QED) is 0.760. The third kappa shape index (κ3) is 1.90. The van der Waals surface area contributed by atoms with Gasteiger partial charge in [0.1, 0.15) is 0 Å². The molecule has 1 aromatic carbocycles. The van der Waals surface area contributed by atoms with E-state index in [9.17, 15) is 0 Å². The van der Waals surface area contributed by atoms with Crippen molar-refractivity contribution in [3.8, 4) is 0 Å². The molecule has 2 heterocycles. The summed E-state index contributed by atoms with van der Waals surface area (Å²) in [4.78, 5) is 6.66. The zero-order chi connectivity index (χ0) is 12.4. The fraction of sp³-hybridized carbons (Fsp3) is 0.188. The number of para-hydroxylation sites is 1. The van der Waals surface area contributed by atoms with Crippen LogP contribution in [0.5, 0.6) is 0 Å². The lowest BCUT2D eigenvalue weighted by Gasteiger charge is -2.18. The summed E-state index contributed by atoms with van der Waals surface area (Å²) in [5.41, 5.74) is 4.74. The molecule has 0 saturated heterocycles. The Morgan fingerprint density at radius 3 is 2.67 bits per heavy atom. The van der Waals surface area contributed by atoms with Crippen LogP contribution in [0.4, 0.5) is 5.69 Å². The van der Waals surface area contributed by atoms with Gasteiger partial charge in [0.05, 0.1) is 5.69 Å². The number of hydrogen-bond donors (Lipinski definition) is 0. The van der Waals surface area contributed by atoms with Gasteiger partial charge in [-0.25, -0.2) is 0 Å². The van der Waals surface area contributed by atoms with Gasteiger partial charge in [-0.2, -0.15) is 0 Å². The van der Waals surface area contributed by atoms with Crippen LogP contribution in [-0.4, -0.2) is 17.7 Å². The highest BCUT2D eigenvalue weighted by atomic mass is 15.1. The number of aliphatic imine (C=N–C) groups is 1. The zero-order valence-corrected chi connectivity index (χ0v) is 10.5. The predicted octanol–water partition coefficient (Wildman–Crippen LogP) is 3.91. The predicted molar refractivity (Wildman–Crippen MR) is 76.8 cm³/mol. The largest absolute Gasteiger partial charge is 0.354 e. The van der Waals surface area contributed by atoms with Crippen LogP contribution >= 0.6 is 0 Å². The minimum atomic E-state index is 1.07. The Balaban J connectivity index is 1.93. The molecule has 18 heavy (non-hydrogen) atoms. The Bertz CT molecular complexity index is 561. The molecule has 0 bridgehead atoms. The van der Waals surface area contributed by atoms with Gasteiger partial charge in [-0.05, 0) is 30.2 Å². The zero-order valence-electron chi connectivity index (χ0n) is 10.5. The SMILES string of the molecule is CCCN1C=CC(=C2C=Nc3ccccc32)C=C1. The third-order valence-corrected chi connectivity index (χ3v) is 3.21. The number of fused-ring (bicyclic) bond motifs is 1. The van der Waals surface area contributed by atoms with Crippen molar-refractivity contribution in [3.05, 3.63) is 60.0 Å². The lowest BCUT2D eigenvalue weighted by atomic mass is 10.0. The second kappa shape index (κ2) is 4.65. The Hall–Kier alpha value is -2.09. The minimum absolute atomic E-state index is 1.07. The standard InChI is InChI=1S/C16H16N2/c1-2-9-18-10-7-13(8-11-18)15-12-17-16-6-4-3-5-14(15)16/h3-8,10-12H,2,9H2,1H3. The molecule has 1 aromatic rings. The van der Waals surface area contributed by atoms with Gasteiger partial charge in [0.15, 0.2) is 0 Å². The maximum atomic E-state index is 4.45. The average molecular weight is 236 g/mol. The summed E-state index contributed by atoms with van der Waals surface area (Å²) in [5, 5.41) is 0. The van der Waals surface area contributed by atoms with Gasteiger partial charge in [-0.1, -0.05) is 25.1 Å². The smallest absolute Gasteiger partial charge is 0.0709 e. The van der Waals surface area contributed by atoms with Crippen LogP contribution in [0.2, 0.25) is 0 Å². The van der Waals surface area contributed by atoms with Crippen LogP contribution in [-0.2, 0) is 0 Å². The average Bonchev–Trinajstić information content (AvgIpc) is 2.84. The van der Waals surface area contributed by atoms with Crippen molar-refractivity contribution in [2.45, 2.75) is 13.3 Å². The summed E-state index contributed by atoms with van der Waals surface area (Å²) in [6.07, 6.45) is 11.7. The first-order valence-corrected chi connectivity index (χ1v) is 6.38. The Morgan fingerprint density at radius 2 is 1.89 bits per heavy atom. The molecule has 0 fully saturated rings. The Morgan fingerprint density at radius 1 is 1.11 bits per heavy atom. The first kappa shape index (κ1) is 11.0. The molecule has 2 heteroatoms. The van der Waals surface area contributed by atoms with Gasteiger partial charge in [0, 0.05) is 36.3 Å². The minimum Gasteiger partial charge on any atom is -0.354 e. The van der Waals surface area contributed by atoms with Crippen molar-refractivity contribution in [1.82, 2.24) is 4.90 Å². The third-order valence-electron chi connectivity index (χ3n) is 3.21. The molecule has 2 aliphatic heterocycles. The summed E-state index contributed by atoms with van der Waals surface area (Å²) >= 11 is 0. The maximum Gasteiger partial charge on any atom is 0.0709 e. The maximum absolute atomic E-state index is 4.45. The van der Waals surface area contributed by atoms with Gasteiger partial charge < -0.3 is 4.90 Å². The number of rotatable bonds is 2. The van der Waals surface area contributed by atoms with Crippen LogP contribution in [0.15, 0.2) is 59.4 Å². The van der Waals surface area contributed by atoms with Crippen molar-refractivity contribution in [2.24, 2.45) is 4.99 Å². The molecule has 90 valence electrons. The summed E-state index contributed by atoms with van der Waals surface area (Å²) in [7, 11) is 0. The van der Waals surface area contributed by atoms with Crippen LogP contribution in [0.25, 0.3) is 5.57 Å². The lowest BCUT2D eigenvalue weighted by molar-refractivity contribution is 0.498. The van der Waals surface area contributed by atoms with E-state index in [-0.39, 0.29) is 0 Å². The van der Waals surface area contributed by atoms with E-state index in [0.29, 0.717) is 0 Å². The van der Waals surface area contributed by atoms with Gasteiger partial charge >= 0.3 is 0 Å². The molecule has 0 aliphatic carbocycles. The monoisotopic (exact) mass is 236 g/mol. The highest BCUT2D eigenvalue weighted by molar-refractivity contribution is 6.18. The second-order valence-electron chi connectivity index (χ2n) is 4.51. The van der Waals surface area contributed by atoms with E-state index in [1.807, 2.05) is 12.3 Å². The summed E-state index contributed by atoms with van der Waals surface area (Å²) in [6.45, 7) is 3.26. The highest BCUT2D eigenvalue weighted by Crippen LogP contribution is 2.34. The molecule has 0 amide bonds. The second-order valence-corrected chi connectivity index (χ2v) is 4.51. The van der Waals surface area contributed by atoms with E-state index in [2.05, 4.69) is 59.6 Å². The number of allylic oxidation sites excluding steroid dienone is 4. The molecule has 0 aromatic heterocycles. The lowest BCUT2D eigenvalue weighted by Crippen LogP contribution is -2.12. The van der Waals surface area contributed by atoms with Gasteiger partial charge in [-0.3, -0.25) is 4.99 Å². The van der Waals surface area contributed by atoms with E-state index in [0.717, 1.165) is 18.7 Å². The number of nitrogens with zero attached hydrogens (tertiary/aromatic N) is 2. The van der Waals surface area contributed by atoms with E-state index in [4.69, 9.17) is 0 Å². The van der Waals surface area contributed by atoms with Crippen LogP contribution < -0.4 is 0 Å². The normalized spacial score (nSPS) is 16.6. The van der Waals surface area contributed by atoms with Crippen LogP contribution in [0.3, 0.4) is 0 Å². The Kier molecular flexibility index (Phi) is 2.85.